The van der Waals surface area contributed by atoms with Crippen LogP contribution in [0.25, 0.3) is 0 Å². The molecule has 2 aromatic heterocycles. The number of piperidine rings is 1. The Hall–Kier alpha value is -1.31. The molecule has 3 heterocycles. The Morgan fingerprint density at radius 2 is 2.17 bits per heavy atom. The van der Waals surface area contributed by atoms with Gasteiger partial charge in [-0.25, -0.2) is 4.98 Å². The van der Waals surface area contributed by atoms with Crippen LogP contribution in [0.5, 0.6) is 0 Å². The van der Waals surface area contributed by atoms with E-state index in [1.807, 2.05) is 6.20 Å². The van der Waals surface area contributed by atoms with Gasteiger partial charge in [-0.15, -0.1) is 11.3 Å². The monoisotopic (exact) mass is 345 g/mol. The van der Waals surface area contributed by atoms with Crippen molar-refractivity contribution >= 4 is 11.3 Å². The van der Waals surface area contributed by atoms with Crippen LogP contribution in [0.4, 0.5) is 0 Å². The van der Waals surface area contributed by atoms with Crippen molar-refractivity contribution in [1.29, 1.82) is 0 Å². The van der Waals surface area contributed by atoms with Crippen molar-refractivity contribution in [3.8, 4) is 0 Å². The fourth-order valence-corrected chi connectivity index (χ4v) is 4.74. The Labute approximate surface area is 145 Å². The topological polar surface area (TPSA) is 67.1 Å². The fourth-order valence-electron chi connectivity index (χ4n) is 4.10. The summed E-state index contributed by atoms with van der Waals surface area (Å²) in [6.07, 6.45) is 8.15. The van der Waals surface area contributed by atoms with Crippen LogP contribution in [0.2, 0.25) is 0 Å². The normalized spacial score (nSPS) is 25.5. The Balaban J connectivity index is 1.33. The van der Waals surface area contributed by atoms with Crippen molar-refractivity contribution in [2.45, 2.75) is 57.2 Å². The molecule has 7 heteroatoms. The second-order valence-electron chi connectivity index (χ2n) is 7.49. The van der Waals surface area contributed by atoms with Crippen molar-refractivity contribution in [3.05, 3.63) is 28.3 Å². The molecule has 1 saturated heterocycles. The molecule has 1 spiro atoms. The highest BCUT2D eigenvalue weighted by atomic mass is 32.1. The number of nitrogens with zero attached hydrogens (tertiary/aromatic N) is 4. The zero-order valence-electron chi connectivity index (χ0n) is 13.8. The SMILES string of the molecule is c1csc(CN(Cc2noc(C3CC3)n2)[C@H]2CC23CCNCC3)n1. The van der Waals surface area contributed by atoms with Gasteiger partial charge in [0, 0.05) is 23.5 Å². The van der Waals surface area contributed by atoms with Crippen LogP contribution in [0.1, 0.15) is 54.7 Å². The van der Waals surface area contributed by atoms with E-state index < -0.39 is 0 Å². The highest BCUT2D eigenvalue weighted by Gasteiger charge is 2.56. The van der Waals surface area contributed by atoms with Gasteiger partial charge in [-0.2, -0.15) is 4.98 Å². The minimum Gasteiger partial charge on any atom is -0.339 e. The predicted octanol–water partition coefficient (Wildman–Crippen LogP) is 2.55. The number of aromatic nitrogens is 3. The molecule has 0 radical (unpaired) electrons. The van der Waals surface area contributed by atoms with E-state index in [1.54, 1.807) is 11.3 Å². The zero-order valence-corrected chi connectivity index (χ0v) is 14.6. The largest absolute Gasteiger partial charge is 0.339 e. The molecular formula is C17H23N5OS. The van der Waals surface area contributed by atoms with Crippen molar-refractivity contribution in [1.82, 2.24) is 25.3 Å². The van der Waals surface area contributed by atoms with Gasteiger partial charge in [0.15, 0.2) is 5.82 Å². The highest BCUT2D eigenvalue weighted by molar-refractivity contribution is 7.09. The molecule has 1 aliphatic heterocycles. The summed E-state index contributed by atoms with van der Waals surface area (Å²) in [6, 6.07) is 0.631. The Kier molecular flexibility index (Phi) is 3.68. The second kappa shape index (κ2) is 5.89. The smallest absolute Gasteiger partial charge is 0.229 e. The molecule has 1 N–H and O–H groups in total. The molecule has 128 valence electrons. The molecule has 1 atom stereocenters. The van der Waals surface area contributed by atoms with Gasteiger partial charge in [-0.3, -0.25) is 4.90 Å². The molecule has 0 unspecified atom stereocenters. The molecule has 2 saturated carbocycles. The first kappa shape index (κ1) is 15.0. The molecule has 2 aliphatic carbocycles. The minimum absolute atomic E-state index is 0.506. The number of hydrogen-bond acceptors (Lipinski definition) is 7. The van der Waals surface area contributed by atoms with Crippen LogP contribution < -0.4 is 5.32 Å². The highest BCUT2D eigenvalue weighted by Crippen LogP contribution is 2.56. The average molecular weight is 345 g/mol. The van der Waals surface area contributed by atoms with E-state index in [4.69, 9.17) is 4.52 Å². The van der Waals surface area contributed by atoms with Crippen molar-refractivity contribution in [3.63, 3.8) is 0 Å². The van der Waals surface area contributed by atoms with Crippen molar-refractivity contribution < 1.29 is 4.52 Å². The summed E-state index contributed by atoms with van der Waals surface area (Å²) in [5.74, 6) is 2.20. The van der Waals surface area contributed by atoms with Crippen LogP contribution >= 0.6 is 11.3 Å². The maximum atomic E-state index is 5.45. The standard InChI is InChI=1S/C17H23N5OS/c1-2-12(1)16-20-14(21-23-16)10-22(11-15-19-7-8-24-15)13-9-17(13)3-5-18-6-4-17/h7-8,12-13,18H,1-6,9-11H2/t13-/m0/s1. The molecular weight excluding hydrogens is 322 g/mol. The molecule has 3 aliphatic rings. The van der Waals surface area contributed by atoms with Crippen molar-refractivity contribution in [2.75, 3.05) is 13.1 Å². The van der Waals surface area contributed by atoms with Gasteiger partial charge >= 0.3 is 0 Å². The molecule has 0 amide bonds. The van der Waals surface area contributed by atoms with E-state index in [0.29, 0.717) is 17.4 Å². The van der Waals surface area contributed by atoms with Crippen molar-refractivity contribution in [2.24, 2.45) is 5.41 Å². The lowest BCUT2D eigenvalue weighted by Gasteiger charge is -2.28. The quantitative estimate of drug-likeness (QED) is 0.868. The predicted molar refractivity (Wildman–Crippen MR) is 90.6 cm³/mol. The molecule has 24 heavy (non-hydrogen) atoms. The second-order valence-corrected chi connectivity index (χ2v) is 8.47. The molecule has 0 aromatic carbocycles. The van der Waals surface area contributed by atoms with E-state index in [1.165, 1.54) is 37.1 Å². The third-order valence-corrected chi connectivity index (χ3v) is 6.53. The number of nitrogens with one attached hydrogen (secondary N) is 1. The first-order chi connectivity index (χ1) is 11.8. The number of rotatable bonds is 6. The Morgan fingerprint density at radius 3 is 2.92 bits per heavy atom. The molecule has 5 rings (SSSR count). The van der Waals surface area contributed by atoms with E-state index >= 15 is 0 Å². The molecule has 3 fully saturated rings. The maximum absolute atomic E-state index is 5.45. The van der Waals surface area contributed by atoms with Crippen LogP contribution in [0.15, 0.2) is 16.1 Å². The van der Waals surface area contributed by atoms with E-state index in [9.17, 15) is 0 Å². The first-order valence-electron chi connectivity index (χ1n) is 8.98. The number of hydrogen-bond donors (Lipinski definition) is 1. The van der Waals surface area contributed by atoms with Gasteiger partial charge in [0.05, 0.1) is 13.1 Å². The van der Waals surface area contributed by atoms with Crippen LogP contribution in [0.3, 0.4) is 0 Å². The summed E-state index contributed by atoms with van der Waals surface area (Å²) >= 11 is 1.73. The lowest BCUT2D eigenvalue weighted by molar-refractivity contribution is 0.182. The summed E-state index contributed by atoms with van der Waals surface area (Å²) in [7, 11) is 0. The van der Waals surface area contributed by atoms with Gasteiger partial charge < -0.3 is 9.84 Å². The lowest BCUT2D eigenvalue weighted by Crippen LogP contribution is -2.36. The van der Waals surface area contributed by atoms with E-state index in [0.717, 1.165) is 37.9 Å². The van der Waals surface area contributed by atoms with Gasteiger partial charge in [0.25, 0.3) is 0 Å². The van der Waals surface area contributed by atoms with Gasteiger partial charge in [-0.1, -0.05) is 5.16 Å². The molecule has 6 nitrogen and oxygen atoms in total. The summed E-state index contributed by atoms with van der Waals surface area (Å²) in [5, 5.41) is 11.0. The van der Waals surface area contributed by atoms with Crippen LogP contribution in [0, 0.1) is 5.41 Å². The summed E-state index contributed by atoms with van der Waals surface area (Å²) in [5.41, 5.74) is 0.506. The molecule has 0 bridgehead atoms. The summed E-state index contributed by atoms with van der Waals surface area (Å²) < 4.78 is 5.45. The van der Waals surface area contributed by atoms with Gasteiger partial charge in [0.1, 0.15) is 5.01 Å². The maximum Gasteiger partial charge on any atom is 0.229 e. The number of thiazole rings is 1. The Morgan fingerprint density at radius 1 is 1.29 bits per heavy atom. The Bertz CT molecular complexity index is 690. The minimum atomic E-state index is 0.506. The fraction of sp³-hybridized carbons (Fsp3) is 0.706. The third kappa shape index (κ3) is 2.89. The summed E-state index contributed by atoms with van der Waals surface area (Å²) in [4.78, 5) is 11.7. The van der Waals surface area contributed by atoms with E-state index in [2.05, 4.69) is 30.7 Å². The van der Waals surface area contributed by atoms with Crippen LogP contribution in [-0.4, -0.2) is 39.2 Å². The average Bonchev–Trinajstić information content (AvgIpc) is 3.44. The third-order valence-electron chi connectivity index (χ3n) is 5.76. The summed E-state index contributed by atoms with van der Waals surface area (Å²) in [6.45, 7) is 3.96. The van der Waals surface area contributed by atoms with Crippen LogP contribution in [-0.2, 0) is 13.1 Å². The van der Waals surface area contributed by atoms with Gasteiger partial charge in [-0.05, 0) is 50.6 Å². The molecule has 2 aromatic rings. The lowest BCUT2D eigenvalue weighted by atomic mass is 9.93. The van der Waals surface area contributed by atoms with E-state index in [-0.39, 0.29) is 0 Å². The zero-order chi connectivity index (χ0) is 16.0. The first-order valence-corrected chi connectivity index (χ1v) is 9.86. The van der Waals surface area contributed by atoms with Gasteiger partial charge in [0.2, 0.25) is 5.89 Å².